The molecule has 0 radical (unpaired) electrons. The van der Waals surface area contributed by atoms with Crippen molar-refractivity contribution in [3.63, 3.8) is 0 Å². The molecule has 0 atom stereocenters. The number of nitrogens with one attached hydrogen (secondary N) is 1. The number of carbonyl (C=O) groups excluding carboxylic acids is 2. The Kier molecular flexibility index (Phi) is 6.18. The lowest BCUT2D eigenvalue weighted by Gasteiger charge is -2.20. The highest BCUT2D eigenvalue weighted by molar-refractivity contribution is 6.30. The fourth-order valence-electron chi connectivity index (χ4n) is 3.43. The van der Waals surface area contributed by atoms with Gasteiger partial charge in [0.15, 0.2) is 0 Å². The Morgan fingerprint density at radius 3 is 2.68 bits per heavy atom. The zero-order valence-electron chi connectivity index (χ0n) is 16.6. The molecule has 7 heteroatoms. The van der Waals surface area contributed by atoms with Gasteiger partial charge in [-0.3, -0.25) is 9.59 Å². The van der Waals surface area contributed by atoms with E-state index in [-0.39, 0.29) is 24.2 Å². The first-order valence-electron chi connectivity index (χ1n) is 9.83. The fourth-order valence-corrected chi connectivity index (χ4v) is 3.62. The number of benzene rings is 3. The zero-order valence-corrected chi connectivity index (χ0v) is 17.4. The first-order chi connectivity index (χ1) is 15.0. The van der Waals surface area contributed by atoms with Gasteiger partial charge in [0, 0.05) is 40.4 Å². The summed E-state index contributed by atoms with van der Waals surface area (Å²) in [6.45, 7) is 1.14. The summed E-state index contributed by atoms with van der Waals surface area (Å²) in [5, 5.41) is 3.22. The monoisotopic (exact) mass is 438 g/mol. The van der Waals surface area contributed by atoms with Gasteiger partial charge in [-0.25, -0.2) is 4.39 Å². The van der Waals surface area contributed by atoms with Crippen LogP contribution in [0.25, 0.3) is 0 Å². The molecule has 3 aromatic carbocycles. The Bertz CT molecular complexity index is 1140. The highest BCUT2D eigenvalue weighted by atomic mass is 35.5. The van der Waals surface area contributed by atoms with E-state index in [1.54, 1.807) is 65.6 Å². The number of ether oxygens (including phenoxy) is 1. The van der Waals surface area contributed by atoms with Crippen molar-refractivity contribution in [3.05, 3.63) is 99.8 Å². The summed E-state index contributed by atoms with van der Waals surface area (Å²) < 4.78 is 19.5. The van der Waals surface area contributed by atoms with Crippen LogP contribution in [0.2, 0.25) is 5.02 Å². The highest BCUT2D eigenvalue weighted by Gasteiger charge is 2.22. The third kappa shape index (κ3) is 4.86. The number of fused-ring (bicyclic) bond motifs is 1. The van der Waals surface area contributed by atoms with Crippen molar-refractivity contribution in [1.82, 2.24) is 10.2 Å². The molecule has 3 aromatic rings. The minimum absolute atomic E-state index is 0.0818. The number of nitrogens with zero attached hydrogens (tertiary/aromatic N) is 1. The summed E-state index contributed by atoms with van der Waals surface area (Å²) >= 11 is 6.02. The van der Waals surface area contributed by atoms with Gasteiger partial charge in [0.1, 0.15) is 18.2 Å². The van der Waals surface area contributed by atoms with Crippen LogP contribution in [0, 0.1) is 5.82 Å². The van der Waals surface area contributed by atoms with Crippen LogP contribution in [-0.4, -0.2) is 29.9 Å². The molecule has 0 unspecified atom stereocenters. The van der Waals surface area contributed by atoms with E-state index in [1.165, 1.54) is 6.07 Å². The number of halogens is 2. The van der Waals surface area contributed by atoms with E-state index in [9.17, 15) is 14.0 Å². The van der Waals surface area contributed by atoms with Crippen LogP contribution >= 0.6 is 11.6 Å². The lowest BCUT2D eigenvalue weighted by molar-refractivity contribution is 0.0733. The highest BCUT2D eigenvalue weighted by Crippen LogP contribution is 2.26. The van der Waals surface area contributed by atoms with Gasteiger partial charge in [-0.2, -0.15) is 0 Å². The number of carbonyl (C=O) groups is 2. The van der Waals surface area contributed by atoms with Gasteiger partial charge >= 0.3 is 0 Å². The maximum atomic E-state index is 13.8. The summed E-state index contributed by atoms with van der Waals surface area (Å²) in [7, 11) is 0. The van der Waals surface area contributed by atoms with Gasteiger partial charge < -0.3 is 15.0 Å². The van der Waals surface area contributed by atoms with Gasteiger partial charge in [-0.1, -0.05) is 35.9 Å². The van der Waals surface area contributed by atoms with Crippen LogP contribution in [0.15, 0.2) is 66.7 Å². The van der Waals surface area contributed by atoms with E-state index in [0.29, 0.717) is 47.2 Å². The molecule has 0 saturated heterocycles. The number of amides is 2. The predicted octanol–water partition coefficient (Wildman–Crippen LogP) is 4.44. The van der Waals surface area contributed by atoms with Crippen LogP contribution in [0.1, 0.15) is 31.8 Å². The van der Waals surface area contributed by atoms with Crippen molar-refractivity contribution in [2.24, 2.45) is 0 Å². The number of hydrogen-bond acceptors (Lipinski definition) is 3. The van der Waals surface area contributed by atoms with Crippen molar-refractivity contribution >= 4 is 23.4 Å². The summed E-state index contributed by atoms with van der Waals surface area (Å²) in [4.78, 5) is 27.2. The maximum Gasteiger partial charge on any atom is 0.254 e. The second-order valence-electron chi connectivity index (χ2n) is 7.18. The largest absolute Gasteiger partial charge is 0.491 e. The Hall–Kier alpha value is -3.38. The predicted molar refractivity (Wildman–Crippen MR) is 116 cm³/mol. The normalized spacial score (nSPS) is 13.0. The van der Waals surface area contributed by atoms with Crippen molar-refractivity contribution < 1.29 is 18.7 Å². The van der Waals surface area contributed by atoms with Gasteiger partial charge in [0.2, 0.25) is 0 Å². The molecule has 31 heavy (non-hydrogen) atoms. The second-order valence-corrected chi connectivity index (χ2v) is 7.62. The zero-order chi connectivity index (χ0) is 21.8. The molecule has 0 aromatic heterocycles. The lowest BCUT2D eigenvalue weighted by atomic mass is 10.1. The first-order valence-corrected chi connectivity index (χ1v) is 10.2. The van der Waals surface area contributed by atoms with E-state index >= 15 is 0 Å². The first kappa shape index (κ1) is 20.9. The van der Waals surface area contributed by atoms with Crippen molar-refractivity contribution in [2.75, 3.05) is 13.2 Å². The molecule has 158 valence electrons. The van der Waals surface area contributed by atoms with Crippen LogP contribution < -0.4 is 10.1 Å². The molecule has 0 bridgehead atoms. The van der Waals surface area contributed by atoms with Crippen LogP contribution in [0.5, 0.6) is 5.75 Å². The molecule has 0 spiro atoms. The molecule has 2 amide bonds. The molecular weight excluding hydrogens is 419 g/mol. The Labute approximate surface area is 184 Å². The van der Waals surface area contributed by atoms with Gasteiger partial charge in [-0.15, -0.1) is 0 Å². The Morgan fingerprint density at radius 2 is 1.87 bits per heavy atom. The number of rotatable bonds is 4. The summed E-state index contributed by atoms with van der Waals surface area (Å²) in [6, 6.07) is 18.2. The van der Waals surface area contributed by atoms with Crippen molar-refractivity contribution in [1.29, 1.82) is 0 Å². The molecule has 1 heterocycles. The van der Waals surface area contributed by atoms with Crippen LogP contribution in [-0.2, 0) is 13.1 Å². The van der Waals surface area contributed by atoms with E-state index in [1.807, 2.05) is 0 Å². The SMILES string of the molecule is O=C(NCc1ccccc1F)c1ccc2c(c1)CN(C(=O)c1cccc(Cl)c1)CCO2. The molecule has 0 fully saturated rings. The summed E-state index contributed by atoms with van der Waals surface area (Å²) in [6.07, 6.45) is 0. The van der Waals surface area contributed by atoms with Gasteiger partial charge in [0.05, 0.1) is 6.54 Å². The Morgan fingerprint density at radius 1 is 1.03 bits per heavy atom. The molecule has 0 saturated carbocycles. The molecule has 1 aliphatic heterocycles. The molecular formula is C24H20ClFN2O3. The summed E-state index contributed by atoms with van der Waals surface area (Å²) in [5.41, 5.74) is 2.05. The molecule has 4 rings (SSSR count). The minimum Gasteiger partial charge on any atom is -0.491 e. The lowest BCUT2D eigenvalue weighted by Crippen LogP contribution is -2.32. The fraction of sp³-hybridized carbons (Fsp3) is 0.167. The van der Waals surface area contributed by atoms with E-state index in [4.69, 9.17) is 16.3 Å². The number of hydrogen-bond donors (Lipinski definition) is 1. The average molecular weight is 439 g/mol. The van der Waals surface area contributed by atoms with Gasteiger partial charge in [0.25, 0.3) is 11.8 Å². The smallest absolute Gasteiger partial charge is 0.254 e. The van der Waals surface area contributed by atoms with E-state index in [2.05, 4.69) is 5.32 Å². The molecule has 5 nitrogen and oxygen atoms in total. The average Bonchev–Trinajstić information content (AvgIpc) is 2.99. The third-order valence-corrected chi connectivity index (χ3v) is 5.29. The standard InChI is InChI=1S/C24H20ClFN2O3/c25-20-6-3-5-17(13-20)24(30)28-10-11-31-22-9-8-16(12-19(22)15-28)23(29)27-14-18-4-1-2-7-21(18)26/h1-9,12-13H,10-11,14-15H2,(H,27,29). The summed E-state index contributed by atoms with van der Waals surface area (Å²) in [5.74, 6) is -0.225. The second kappa shape index (κ2) is 9.18. The van der Waals surface area contributed by atoms with Crippen LogP contribution in [0.4, 0.5) is 4.39 Å². The van der Waals surface area contributed by atoms with E-state index in [0.717, 1.165) is 5.56 Å². The third-order valence-electron chi connectivity index (χ3n) is 5.06. The quantitative estimate of drug-likeness (QED) is 0.655. The molecule has 0 aliphatic carbocycles. The topological polar surface area (TPSA) is 58.6 Å². The maximum absolute atomic E-state index is 13.8. The van der Waals surface area contributed by atoms with Crippen LogP contribution in [0.3, 0.4) is 0 Å². The molecule has 1 aliphatic rings. The van der Waals surface area contributed by atoms with Crippen molar-refractivity contribution in [2.45, 2.75) is 13.1 Å². The minimum atomic E-state index is -0.367. The molecule has 1 N–H and O–H groups in total. The Balaban J connectivity index is 1.50. The van der Waals surface area contributed by atoms with Gasteiger partial charge in [-0.05, 0) is 42.5 Å². The van der Waals surface area contributed by atoms with E-state index < -0.39 is 0 Å². The van der Waals surface area contributed by atoms with Crippen molar-refractivity contribution in [3.8, 4) is 5.75 Å².